The molecule has 0 fully saturated rings. The number of aliphatic hydroxyl groups excluding tert-OH is 1. The summed E-state index contributed by atoms with van der Waals surface area (Å²) in [5.74, 6) is -1.31. The van der Waals surface area contributed by atoms with Crippen LogP contribution in [-0.2, 0) is 6.54 Å². The van der Waals surface area contributed by atoms with Gasteiger partial charge >= 0.3 is 12.1 Å². The minimum Gasteiger partial charge on any atom is -0.478 e. The van der Waals surface area contributed by atoms with Crippen molar-refractivity contribution in [1.82, 2.24) is 14.9 Å². The number of hydrogen-bond donors (Lipinski definition) is 2. The van der Waals surface area contributed by atoms with Crippen molar-refractivity contribution in [2.45, 2.75) is 12.7 Å². The Bertz CT molecular complexity index is 440. The molecule has 0 aliphatic carbocycles. The third-order valence-electron chi connectivity index (χ3n) is 2.22. The lowest BCUT2D eigenvalue weighted by atomic mass is 10.2. The van der Waals surface area contributed by atoms with Crippen LogP contribution >= 0.6 is 0 Å². The Balaban J connectivity index is 2.87. The van der Waals surface area contributed by atoms with Gasteiger partial charge in [-0.05, 0) is 0 Å². The summed E-state index contributed by atoms with van der Waals surface area (Å²) in [7, 11) is 0. The highest BCUT2D eigenvalue weighted by molar-refractivity contribution is 5.88. The van der Waals surface area contributed by atoms with Gasteiger partial charge in [0.15, 0.2) is 0 Å². The molecule has 0 atom stereocenters. The molecular weight excluding hydrogens is 267 g/mol. The van der Waals surface area contributed by atoms with E-state index in [2.05, 4.69) is 9.97 Å². The topological polar surface area (TPSA) is 86.5 Å². The molecule has 1 aromatic rings. The number of carbonyl (C=O) groups is 1. The van der Waals surface area contributed by atoms with Gasteiger partial charge in [0.2, 0.25) is 0 Å². The molecule has 0 radical (unpaired) electrons. The highest BCUT2D eigenvalue weighted by Crippen LogP contribution is 2.18. The Morgan fingerprint density at radius 2 is 2.11 bits per heavy atom. The van der Waals surface area contributed by atoms with Crippen LogP contribution < -0.4 is 0 Å². The highest BCUT2D eigenvalue weighted by atomic mass is 19.4. The maximum Gasteiger partial charge on any atom is 0.401 e. The molecule has 0 aromatic carbocycles. The zero-order chi connectivity index (χ0) is 14.5. The van der Waals surface area contributed by atoms with E-state index in [0.717, 1.165) is 17.4 Å². The first-order valence-electron chi connectivity index (χ1n) is 5.25. The first kappa shape index (κ1) is 15.3. The van der Waals surface area contributed by atoms with E-state index in [0.29, 0.717) is 0 Å². The Morgan fingerprint density at radius 1 is 1.42 bits per heavy atom. The van der Waals surface area contributed by atoms with Gasteiger partial charge in [0.1, 0.15) is 11.9 Å². The van der Waals surface area contributed by atoms with Gasteiger partial charge in [0.05, 0.1) is 18.8 Å². The second-order valence-corrected chi connectivity index (χ2v) is 3.74. The minimum atomic E-state index is -4.44. The maximum absolute atomic E-state index is 12.3. The molecule has 0 bridgehead atoms. The van der Waals surface area contributed by atoms with Crippen LogP contribution in [0.2, 0.25) is 0 Å². The summed E-state index contributed by atoms with van der Waals surface area (Å²) in [6.45, 7) is -2.28. The molecule has 0 aliphatic heterocycles. The van der Waals surface area contributed by atoms with E-state index in [4.69, 9.17) is 10.2 Å². The molecule has 0 saturated carbocycles. The fourth-order valence-electron chi connectivity index (χ4n) is 1.48. The molecule has 19 heavy (non-hydrogen) atoms. The molecule has 1 heterocycles. The van der Waals surface area contributed by atoms with Crippen molar-refractivity contribution >= 4 is 5.97 Å². The van der Waals surface area contributed by atoms with Crippen LogP contribution in [0.3, 0.4) is 0 Å². The second kappa shape index (κ2) is 6.43. The summed E-state index contributed by atoms with van der Waals surface area (Å²) in [6, 6.07) is 0. The summed E-state index contributed by atoms with van der Waals surface area (Å²) >= 11 is 0. The number of carboxylic acids is 1. The van der Waals surface area contributed by atoms with Gasteiger partial charge in [-0.25, -0.2) is 14.8 Å². The normalized spacial score (nSPS) is 11.8. The molecule has 9 heteroatoms. The van der Waals surface area contributed by atoms with Gasteiger partial charge in [-0.2, -0.15) is 13.2 Å². The number of aromatic carboxylic acids is 1. The van der Waals surface area contributed by atoms with Crippen LogP contribution in [0.5, 0.6) is 0 Å². The van der Waals surface area contributed by atoms with Crippen molar-refractivity contribution in [1.29, 1.82) is 0 Å². The number of hydrogen-bond acceptors (Lipinski definition) is 5. The molecule has 0 amide bonds. The number of rotatable bonds is 6. The summed E-state index contributed by atoms with van der Waals surface area (Å²) in [5.41, 5.74) is -0.284. The lowest BCUT2D eigenvalue weighted by molar-refractivity contribution is -0.148. The molecule has 6 nitrogen and oxygen atoms in total. The predicted molar refractivity (Wildman–Crippen MR) is 57.4 cm³/mol. The highest BCUT2D eigenvalue weighted by Gasteiger charge is 2.31. The van der Waals surface area contributed by atoms with Crippen LogP contribution in [0, 0.1) is 0 Å². The minimum absolute atomic E-state index is 0.0276. The summed E-state index contributed by atoms with van der Waals surface area (Å²) in [4.78, 5) is 18.9. The SMILES string of the molecule is O=C(O)c1cncnc1CN(CCO)CC(F)(F)F. The van der Waals surface area contributed by atoms with Gasteiger partial charge in [0.25, 0.3) is 0 Å². The number of aliphatic hydroxyl groups is 1. The lowest BCUT2D eigenvalue weighted by Crippen LogP contribution is -2.36. The van der Waals surface area contributed by atoms with Crippen molar-refractivity contribution in [3.05, 3.63) is 23.8 Å². The average Bonchev–Trinajstić information content (AvgIpc) is 2.27. The smallest absolute Gasteiger partial charge is 0.401 e. The molecule has 0 spiro atoms. The van der Waals surface area contributed by atoms with Crippen molar-refractivity contribution in [3.8, 4) is 0 Å². The monoisotopic (exact) mass is 279 g/mol. The van der Waals surface area contributed by atoms with Crippen LogP contribution in [0.4, 0.5) is 13.2 Å². The predicted octanol–water partition coefficient (Wildman–Crippen LogP) is 0.531. The molecule has 1 aromatic heterocycles. The Morgan fingerprint density at radius 3 is 2.63 bits per heavy atom. The van der Waals surface area contributed by atoms with E-state index in [1.165, 1.54) is 0 Å². The zero-order valence-corrected chi connectivity index (χ0v) is 9.76. The Labute approximate surface area is 106 Å². The number of nitrogens with zero attached hydrogens (tertiary/aromatic N) is 3. The summed E-state index contributed by atoms with van der Waals surface area (Å²) in [5, 5.41) is 17.6. The van der Waals surface area contributed by atoms with E-state index in [1.807, 2.05) is 0 Å². The standard InChI is InChI=1S/C10H12F3N3O3/c11-10(12,13)5-16(1-2-17)4-8-7(9(18)19)3-14-6-15-8/h3,6,17H,1-2,4-5H2,(H,18,19). The maximum atomic E-state index is 12.3. The van der Waals surface area contributed by atoms with Crippen molar-refractivity contribution < 1.29 is 28.2 Å². The molecule has 2 N–H and O–H groups in total. The fraction of sp³-hybridized carbons (Fsp3) is 0.500. The quantitative estimate of drug-likeness (QED) is 0.790. The average molecular weight is 279 g/mol. The van der Waals surface area contributed by atoms with Crippen molar-refractivity contribution in [3.63, 3.8) is 0 Å². The Kier molecular flexibility index (Phi) is 5.19. The van der Waals surface area contributed by atoms with E-state index < -0.39 is 25.3 Å². The lowest BCUT2D eigenvalue weighted by Gasteiger charge is -2.22. The number of carboxylic acid groups (broad SMARTS) is 1. The van der Waals surface area contributed by atoms with Gasteiger partial charge in [-0.15, -0.1) is 0 Å². The van der Waals surface area contributed by atoms with E-state index in [-0.39, 0.29) is 24.3 Å². The molecule has 0 unspecified atom stereocenters. The third kappa shape index (κ3) is 5.18. The third-order valence-corrected chi connectivity index (χ3v) is 2.22. The zero-order valence-electron chi connectivity index (χ0n) is 9.76. The largest absolute Gasteiger partial charge is 0.478 e. The van der Waals surface area contributed by atoms with E-state index in [1.54, 1.807) is 0 Å². The second-order valence-electron chi connectivity index (χ2n) is 3.74. The van der Waals surface area contributed by atoms with Gasteiger partial charge in [-0.1, -0.05) is 0 Å². The number of halogens is 3. The molecule has 106 valence electrons. The first-order valence-corrected chi connectivity index (χ1v) is 5.25. The molecule has 1 rings (SSSR count). The van der Waals surface area contributed by atoms with Gasteiger partial charge < -0.3 is 10.2 Å². The van der Waals surface area contributed by atoms with E-state index in [9.17, 15) is 18.0 Å². The number of alkyl halides is 3. The van der Waals surface area contributed by atoms with Crippen LogP contribution in [0.1, 0.15) is 16.1 Å². The van der Waals surface area contributed by atoms with Crippen LogP contribution in [0.15, 0.2) is 12.5 Å². The van der Waals surface area contributed by atoms with Crippen molar-refractivity contribution in [2.24, 2.45) is 0 Å². The van der Waals surface area contributed by atoms with Crippen molar-refractivity contribution in [2.75, 3.05) is 19.7 Å². The fourth-order valence-corrected chi connectivity index (χ4v) is 1.48. The summed E-state index contributed by atoms with van der Waals surface area (Å²) < 4.78 is 37.0. The van der Waals surface area contributed by atoms with Crippen LogP contribution in [0.25, 0.3) is 0 Å². The molecular formula is C10H12F3N3O3. The van der Waals surface area contributed by atoms with E-state index >= 15 is 0 Å². The molecule has 0 saturated heterocycles. The van der Waals surface area contributed by atoms with Gasteiger partial charge in [-0.3, -0.25) is 4.90 Å². The first-order chi connectivity index (χ1) is 8.83. The molecule has 0 aliphatic rings. The number of aromatic nitrogens is 2. The van der Waals surface area contributed by atoms with Crippen LogP contribution in [-0.4, -0.2) is 56.9 Å². The van der Waals surface area contributed by atoms with Gasteiger partial charge in [0, 0.05) is 19.3 Å². The summed E-state index contributed by atoms with van der Waals surface area (Å²) in [6.07, 6.45) is -2.35. The Hall–Kier alpha value is -1.74.